The molecule has 13 heavy (non-hydrogen) atoms. The molecule has 0 bridgehead atoms. The summed E-state index contributed by atoms with van der Waals surface area (Å²) in [4.78, 5) is 4.20. The Hall–Kier alpha value is -1.09. The highest BCUT2D eigenvalue weighted by atomic mass is 16.5. The van der Waals surface area contributed by atoms with E-state index in [9.17, 15) is 5.11 Å². The highest BCUT2D eigenvalue weighted by molar-refractivity contribution is 5.26. The Balaban J connectivity index is 2.92. The van der Waals surface area contributed by atoms with E-state index in [1.54, 1.807) is 13.0 Å². The van der Waals surface area contributed by atoms with Crippen LogP contribution in [-0.2, 0) is 0 Å². The standard InChI is InChI=1S/C10H15NO2/c1-4-13-10-6-5-9(8(3)12)7(2)11-10/h5-6,8,12H,4H2,1-3H3/t8-/m0/s1. The molecule has 1 rings (SSSR count). The van der Waals surface area contributed by atoms with Crippen molar-refractivity contribution in [1.82, 2.24) is 4.98 Å². The molecule has 0 spiro atoms. The van der Waals surface area contributed by atoms with Gasteiger partial charge in [0.15, 0.2) is 0 Å². The lowest BCUT2D eigenvalue weighted by Gasteiger charge is -2.09. The van der Waals surface area contributed by atoms with Gasteiger partial charge in [0.05, 0.1) is 12.7 Å². The number of hydrogen-bond donors (Lipinski definition) is 1. The van der Waals surface area contributed by atoms with Crippen molar-refractivity contribution in [3.05, 3.63) is 23.4 Å². The Labute approximate surface area is 78.4 Å². The number of ether oxygens (including phenoxy) is 1. The summed E-state index contributed by atoms with van der Waals surface area (Å²) in [5.41, 5.74) is 1.67. The molecule has 0 aliphatic heterocycles. The van der Waals surface area contributed by atoms with Crippen molar-refractivity contribution >= 4 is 0 Å². The van der Waals surface area contributed by atoms with Gasteiger partial charge in [-0.1, -0.05) is 0 Å². The Morgan fingerprint density at radius 1 is 1.54 bits per heavy atom. The van der Waals surface area contributed by atoms with E-state index < -0.39 is 6.10 Å². The number of rotatable bonds is 3. The maximum absolute atomic E-state index is 9.34. The van der Waals surface area contributed by atoms with Crippen molar-refractivity contribution in [2.45, 2.75) is 26.9 Å². The van der Waals surface area contributed by atoms with Crippen LogP contribution in [-0.4, -0.2) is 16.7 Å². The third-order valence-corrected chi connectivity index (χ3v) is 1.84. The minimum absolute atomic E-state index is 0.469. The van der Waals surface area contributed by atoms with E-state index in [1.165, 1.54) is 0 Å². The van der Waals surface area contributed by atoms with E-state index in [2.05, 4.69) is 4.98 Å². The molecule has 1 heterocycles. The fourth-order valence-electron chi connectivity index (χ4n) is 1.22. The van der Waals surface area contributed by atoms with Gasteiger partial charge in [0.25, 0.3) is 0 Å². The van der Waals surface area contributed by atoms with Gasteiger partial charge in [0.2, 0.25) is 5.88 Å². The molecule has 0 aliphatic rings. The van der Waals surface area contributed by atoms with Crippen molar-refractivity contribution in [3.8, 4) is 5.88 Å². The molecule has 3 heteroatoms. The number of aliphatic hydroxyl groups excluding tert-OH is 1. The average molecular weight is 181 g/mol. The highest BCUT2D eigenvalue weighted by Gasteiger charge is 2.06. The van der Waals surface area contributed by atoms with Gasteiger partial charge in [-0.3, -0.25) is 0 Å². The second-order valence-electron chi connectivity index (χ2n) is 2.93. The second kappa shape index (κ2) is 4.23. The van der Waals surface area contributed by atoms with Crippen LogP contribution in [0.15, 0.2) is 12.1 Å². The molecular formula is C10H15NO2. The lowest BCUT2D eigenvalue weighted by atomic mass is 10.1. The smallest absolute Gasteiger partial charge is 0.213 e. The number of aromatic nitrogens is 1. The van der Waals surface area contributed by atoms with Crippen LogP contribution in [0.25, 0.3) is 0 Å². The molecule has 0 saturated carbocycles. The summed E-state index contributed by atoms with van der Waals surface area (Å²) in [7, 11) is 0. The van der Waals surface area contributed by atoms with E-state index in [1.807, 2.05) is 19.9 Å². The molecule has 0 amide bonds. The maximum atomic E-state index is 9.34. The van der Waals surface area contributed by atoms with Gasteiger partial charge >= 0.3 is 0 Å². The number of hydrogen-bond acceptors (Lipinski definition) is 3. The van der Waals surface area contributed by atoms with E-state index in [0.29, 0.717) is 12.5 Å². The zero-order valence-electron chi connectivity index (χ0n) is 8.24. The summed E-state index contributed by atoms with van der Waals surface area (Å²) in [6, 6.07) is 3.62. The van der Waals surface area contributed by atoms with Gasteiger partial charge in [-0.15, -0.1) is 0 Å². The summed E-state index contributed by atoms with van der Waals surface area (Å²) in [6.07, 6.45) is -0.469. The fraction of sp³-hybridized carbons (Fsp3) is 0.500. The first-order valence-corrected chi connectivity index (χ1v) is 4.43. The van der Waals surface area contributed by atoms with E-state index in [4.69, 9.17) is 4.74 Å². The molecule has 0 saturated heterocycles. The first-order chi connectivity index (χ1) is 6.15. The Morgan fingerprint density at radius 3 is 2.69 bits per heavy atom. The largest absolute Gasteiger partial charge is 0.478 e. The average Bonchev–Trinajstić information content (AvgIpc) is 2.04. The van der Waals surface area contributed by atoms with E-state index >= 15 is 0 Å². The van der Waals surface area contributed by atoms with Gasteiger partial charge in [-0.05, 0) is 26.8 Å². The first kappa shape index (κ1) is 9.99. The topological polar surface area (TPSA) is 42.4 Å². The van der Waals surface area contributed by atoms with Crippen LogP contribution in [0, 0.1) is 6.92 Å². The number of nitrogens with zero attached hydrogens (tertiary/aromatic N) is 1. The summed E-state index contributed by atoms with van der Waals surface area (Å²) < 4.78 is 5.23. The van der Waals surface area contributed by atoms with Crippen LogP contribution in [0.3, 0.4) is 0 Å². The van der Waals surface area contributed by atoms with Crippen LogP contribution in [0.1, 0.15) is 31.2 Å². The molecule has 0 unspecified atom stereocenters. The molecular weight excluding hydrogens is 166 g/mol. The van der Waals surface area contributed by atoms with Crippen LogP contribution in [0.5, 0.6) is 5.88 Å². The normalized spacial score (nSPS) is 12.6. The predicted octanol–water partition coefficient (Wildman–Crippen LogP) is 1.84. The van der Waals surface area contributed by atoms with Crippen molar-refractivity contribution in [2.24, 2.45) is 0 Å². The lowest BCUT2D eigenvalue weighted by molar-refractivity contribution is 0.197. The SMILES string of the molecule is CCOc1ccc([C@H](C)O)c(C)n1. The zero-order valence-corrected chi connectivity index (χ0v) is 8.24. The molecule has 0 radical (unpaired) electrons. The molecule has 3 nitrogen and oxygen atoms in total. The molecule has 0 aromatic carbocycles. The van der Waals surface area contributed by atoms with Gasteiger partial charge < -0.3 is 9.84 Å². The summed E-state index contributed by atoms with van der Waals surface area (Å²) in [6.45, 7) is 6.12. The van der Waals surface area contributed by atoms with Crippen LogP contribution < -0.4 is 4.74 Å². The summed E-state index contributed by atoms with van der Waals surface area (Å²) >= 11 is 0. The molecule has 1 aromatic rings. The number of aryl methyl sites for hydroxylation is 1. The summed E-state index contributed by atoms with van der Waals surface area (Å²) in [5.74, 6) is 0.615. The van der Waals surface area contributed by atoms with Crippen LogP contribution in [0.2, 0.25) is 0 Å². The molecule has 72 valence electrons. The highest BCUT2D eigenvalue weighted by Crippen LogP contribution is 2.18. The van der Waals surface area contributed by atoms with Crippen LogP contribution in [0.4, 0.5) is 0 Å². The Bertz CT molecular complexity index is 284. The fourth-order valence-corrected chi connectivity index (χ4v) is 1.22. The van der Waals surface area contributed by atoms with Gasteiger partial charge in [0, 0.05) is 17.3 Å². The maximum Gasteiger partial charge on any atom is 0.213 e. The quantitative estimate of drug-likeness (QED) is 0.773. The minimum Gasteiger partial charge on any atom is -0.478 e. The van der Waals surface area contributed by atoms with Crippen LogP contribution >= 0.6 is 0 Å². The van der Waals surface area contributed by atoms with E-state index in [0.717, 1.165) is 11.3 Å². The number of pyridine rings is 1. The zero-order chi connectivity index (χ0) is 9.84. The Morgan fingerprint density at radius 2 is 2.23 bits per heavy atom. The predicted molar refractivity (Wildman–Crippen MR) is 50.8 cm³/mol. The van der Waals surface area contributed by atoms with Gasteiger partial charge in [-0.2, -0.15) is 0 Å². The van der Waals surface area contributed by atoms with Crippen molar-refractivity contribution in [1.29, 1.82) is 0 Å². The molecule has 1 aromatic heterocycles. The van der Waals surface area contributed by atoms with Crippen molar-refractivity contribution in [3.63, 3.8) is 0 Å². The van der Waals surface area contributed by atoms with Gasteiger partial charge in [0.1, 0.15) is 0 Å². The third kappa shape index (κ3) is 2.42. The third-order valence-electron chi connectivity index (χ3n) is 1.84. The molecule has 1 atom stereocenters. The van der Waals surface area contributed by atoms with Crippen molar-refractivity contribution < 1.29 is 9.84 Å². The van der Waals surface area contributed by atoms with E-state index in [-0.39, 0.29) is 0 Å². The molecule has 0 aliphatic carbocycles. The minimum atomic E-state index is -0.469. The Kier molecular flexibility index (Phi) is 3.25. The molecule has 0 fully saturated rings. The summed E-state index contributed by atoms with van der Waals surface area (Å²) in [5, 5.41) is 9.34. The monoisotopic (exact) mass is 181 g/mol. The molecule has 1 N–H and O–H groups in total. The van der Waals surface area contributed by atoms with Crippen molar-refractivity contribution in [2.75, 3.05) is 6.61 Å². The first-order valence-electron chi connectivity index (χ1n) is 4.43. The lowest BCUT2D eigenvalue weighted by Crippen LogP contribution is -2.00. The second-order valence-corrected chi connectivity index (χ2v) is 2.93. The van der Waals surface area contributed by atoms with Gasteiger partial charge in [-0.25, -0.2) is 4.98 Å². The number of aliphatic hydroxyl groups is 1.